The van der Waals surface area contributed by atoms with Crippen molar-refractivity contribution in [1.29, 1.82) is 0 Å². The third-order valence-electron chi connectivity index (χ3n) is 3.18. The highest BCUT2D eigenvalue weighted by molar-refractivity contribution is 5.92. The fourth-order valence-electron chi connectivity index (χ4n) is 2.00. The molecule has 2 amide bonds. The van der Waals surface area contributed by atoms with Crippen LogP contribution in [-0.4, -0.2) is 32.4 Å². The zero-order valence-electron chi connectivity index (χ0n) is 14.1. The third kappa shape index (κ3) is 5.42. The maximum absolute atomic E-state index is 11.9. The number of benzene rings is 2. The number of para-hydroxylation sites is 2. The molecular weight excluding hydrogens is 324 g/mol. The fraction of sp³-hybridized carbons (Fsp3) is 0.222. The monoisotopic (exact) mass is 344 g/mol. The molecule has 2 aromatic rings. The summed E-state index contributed by atoms with van der Waals surface area (Å²) in [6, 6.07) is 13.1. The Labute approximate surface area is 145 Å². The van der Waals surface area contributed by atoms with Gasteiger partial charge >= 0.3 is 12.0 Å². The molecular formula is C18H20N2O5. The molecule has 0 aliphatic carbocycles. The van der Waals surface area contributed by atoms with Gasteiger partial charge in [-0.15, -0.1) is 0 Å². The number of urea groups is 1. The zero-order valence-corrected chi connectivity index (χ0v) is 14.1. The van der Waals surface area contributed by atoms with Crippen molar-refractivity contribution in [3.05, 3.63) is 54.1 Å². The van der Waals surface area contributed by atoms with Crippen molar-refractivity contribution in [2.24, 2.45) is 0 Å². The van der Waals surface area contributed by atoms with Crippen LogP contribution in [0.25, 0.3) is 0 Å². The molecule has 2 rings (SSSR count). The summed E-state index contributed by atoms with van der Waals surface area (Å²) in [5, 5.41) is 5.21. The molecule has 132 valence electrons. The highest BCUT2D eigenvalue weighted by Gasteiger charge is 2.07. The van der Waals surface area contributed by atoms with Gasteiger partial charge in [0, 0.05) is 5.69 Å². The lowest BCUT2D eigenvalue weighted by atomic mass is 10.2. The van der Waals surface area contributed by atoms with Crippen LogP contribution in [0.5, 0.6) is 11.5 Å². The Morgan fingerprint density at radius 2 is 1.68 bits per heavy atom. The summed E-state index contributed by atoms with van der Waals surface area (Å²) in [5.41, 5.74) is 0.968. The van der Waals surface area contributed by atoms with E-state index < -0.39 is 12.0 Å². The highest BCUT2D eigenvalue weighted by Crippen LogP contribution is 2.25. The molecule has 2 aromatic carbocycles. The van der Waals surface area contributed by atoms with E-state index in [1.54, 1.807) is 50.4 Å². The summed E-state index contributed by atoms with van der Waals surface area (Å²) in [4.78, 5) is 23.4. The summed E-state index contributed by atoms with van der Waals surface area (Å²) in [6.07, 6.45) is 0. The van der Waals surface area contributed by atoms with E-state index in [4.69, 9.17) is 14.2 Å². The van der Waals surface area contributed by atoms with Crippen molar-refractivity contribution in [1.82, 2.24) is 5.32 Å². The maximum atomic E-state index is 11.9. The van der Waals surface area contributed by atoms with Gasteiger partial charge in [0.05, 0.1) is 19.3 Å². The minimum absolute atomic E-state index is 0.0207. The molecule has 2 N–H and O–H groups in total. The van der Waals surface area contributed by atoms with Crippen LogP contribution in [0, 0.1) is 0 Å². The van der Waals surface area contributed by atoms with Gasteiger partial charge in [-0.2, -0.15) is 0 Å². The van der Waals surface area contributed by atoms with Gasteiger partial charge in [-0.25, -0.2) is 9.59 Å². The molecule has 7 nitrogen and oxygen atoms in total. The maximum Gasteiger partial charge on any atom is 0.338 e. The first-order valence-corrected chi connectivity index (χ1v) is 7.72. The molecule has 0 spiro atoms. The molecule has 0 radical (unpaired) electrons. The number of amides is 2. The summed E-state index contributed by atoms with van der Waals surface area (Å²) in [6.45, 7) is 2.03. The summed E-state index contributed by atoms with van der Waals surface area (Å²) in [5.74, 6) is 0.715. The second-order valence-electron chi connectivity index (χ2n) is 4.87. The van der Waals surface area contributed by atoms with Crippen molar-refractivity contribution in [3.63, 3.8) is 0 Å². The zero-order chi connectivity index (χ0) is 18.1. The van der Waals surface area contributed by atoms with Gasteiger partial charge in [-0.3, -0.25) is 0 Å². The van der Waals surface area contributed by atoms with Crippen LogP contribution in [0.15, 0.2) is 48.5 Å². The van der Waals surface area contributed by atoms with Crippen molar-refractivity contribution < 1.29 is 23.8 Å². The number of anilines is 1. The number of hydrogen-bond donors (Lipinski definition) is 2. The average molecular weight is 344 g/mol. The molecule has 0 aliphatic heterocycles. The van der Waals surface area contributed by atoms with E-state index in [-0.39, 0.29) is 6.73 Å². The van der Waals surface area contributed by atoms with Gasteiger partial charge in [-0.1, -0.05) is 12.1 Å². The Morgan fingerprint density at radius 3 is 2.32 bits per heavy atom. The van der Waals surface area contributed by atoms with Crippen LogP contribution in [0.4, 0.5) is 10.5 Å². The number of hydrogen-bond acceptors (Lipinski definition) is 5. The van der Waals surface area contributed by atoms with Crippen LogP contribution < -0.4 is 20.1 Å². The number of ether oxygens (including phenoxy) is 3. The predicted octanol–water partition coefficient (Wildman–Crippen LogP) is 3.03. The molecule has 0 saturated heterocycles. The van der Waals surface area contributed by atoms with Crippen molar-refractivity contribution in [2.45, 2.75) is 6.92 Å². The SMILES string of the molecule is CCOC(=O)c1ccc(NC(=O)NCOc2ccccc2OC)cc1. The van der Waals surface area contributed by atoms with Crippen LogP contribution in [0.2, 0.25) is 0 Å². The lowest BCUT2D eigenvalue weighted by Crippen LogP contribution is -2.32. The first kappa shape index (κ1) is 18.1. The van der Waals surface area contributed by atoms with E-state index >= 15 is 0 Å². The quantitative estimate of drug-likeness (QED) is 0.596. The predicted molar refractivity (Wildman–Crippen MR) is 93.0 cm³/mol. The molecule has 25 heavy (non-hydrogen) atoms. The van der Waals surface area contributed by atoms with E-state index in [1.807, 2.05) is 12.1 Å². The number of esters is 1. The van der Waals surface area contributed by atoms with Crippen LogP contribution in [0.1, 0.15) is 17.3 Å². The first-order chi connectivity index (χ1) is 12.1. The number of carbonyl (C=O) groups excluding carboxylic acids is 2. The van der Waals surface area contributed by atoms with Crippen molar-refractivity contribution in [3.8, 4) is 11.5 Å². The summed E-state index contributed by atoms with van der Waals surface area (Å²) in [7, 11) is 1.54. The molecule has 0 bridgehead atoms. The van der Waals surface area contributed by atoms with Gasteiger partial charge in [-0.05, 0) is 43.3 Å². The molecule has 7 heteroatoms. The molecule has 0 atom stereocenters. The normalized spacial score (nSPS) is 9.84. The Bertz CT molecular complexity index is 716. The third-order valence-corrected chi connectivity index (χ3v) is 3.18. The Balaban J connectivity index is 1.81. The van der Waals surface area contributed by atoms with Gasteiger partial charge in [0.1, 0.15) is 0 Å². The van der Waals surface area contributed by atoms with E-state index in [9.17, 15) is 9.59 Å². The largest absolute Gasteiger partial charge is 0.493 e. The fourth-order valence-corrected chi connectivity index (χ4v) is 2.00. The smallest absolute Gasteiger partial charge is 0.338 e. The minimum Gasteiger partial charge on any atom is -0.493 e. The highest BCUT2D eigenvalue weighted by atomic mass is 16.5. The van der Waals surface area contributed by atoms with Gasteiger partial charge in [0.2, 0.25) is 0 Å². The summed E-state index contributed by atoms with van der Waals surface area (Å²) < 4.78 is 15.5. The number of nitrogens with one attached hydrogen (secondary N) is 2. The van der Waals surface area contributed by atoms with Crippen LogP contribution >= 0.6 is 0 Å². The van der Waals surface area contributed by atoms with E-state index in [0.29, 0.717) is 29.4 Å². The van der Waals surface area contributed by atoms with Crippen molar-refractivity contribution >= 4 is 17.7 Å². The van der Waals surface area contributed by atoms with E-state index in [1.165, 1.54) is 0 Å². The summed E-state index contributed by atoms with van der Waals surface area (Å²) >= 11 is 0. The second-order valence-corrected chi connectivity index (χ2v) is 4.87. The first-order valence-electron chi connectivity index (χ1n) is 7.72. The van der Waals surface area contributed by atoms with Gasteiger partial charge in [0.25, 0.3) is 0 Å². The average Bonchev–Trinajstić information content (AvgIpc) is 2.63. The van der Waals surface area contributed by atoms with E-state index in [2.05, 4.69) is 10.6 Å². The molecule has 0 fully saturated rings. The van der Waals surface area contributed by atoms with Crippen LogP contribution in [-0.2, 0) is 4.74 Å². The topological polar surface area (TPSA) is 85.9 Å². The van der Waals surface area contributed by atoms with E-state index in [0.717, 1.165) is 0 Å². The molecule has 0 aromatic heterocycles. The Hall–Kier alpha value is -3.22. The Kier molecular flexibility index (Phi) is 6.65. The number of carbonyl (C=O) groups is 2. The lowest BCUT2D eigenvalue weighted by molar-refractivity contribution is 0.0526. The number of rotatable bonds is 7. The Morgan fingerprint density at radius 1 is 1.00 bits per heavy atom. The minimum atomic E-state index is -0.432. The second kappa shape index (κ2) is 9.17. The van der Waals surface area contributed by atoms with Crippen molar-refractivity contribution in [2.75, 3.05) is 25.8 Å². The molecule has 0 aliphatic rings. The van der Waals surface area contributed by atoms with Gasteiger partial charge in [0.15, 0.2) is 18.2 Å². The number of methoxy groups -OCH3 is 1. The van der Waals surface area contributed by atoms with Crippen LogP contribution in [0.3, 0.4) is 0 Å². The molecule has 0 saturated carbocycles. The standard InChI is InChI=1S/C18H20N2O5/c1-3-24-17(21)13-8-10-14(11-9-13)20-18(22)19-12-25-16-7-5-4-6-15(16)23-2/h4-11H,3,12H2,1-2H3,(H2,19,20,22). The van der Waals surface area contributed by atoms with Gasteiger partial charge < -0.3 is 24.8 Å². The molecule has 0 unspecified atom stereocenters. The molecule has 0 heterocycles. The lowest BCUT2D eigenvalue weighted by Gasteiger charge is -2.12.